The van der Waals surface area contributed by atoms with E-state index in [4.69, 9.17) is 0 Å². The Balaban J connectivity index is 2.12. The summed E-state index contributed by atoms with van der Waals surface area (Å²) in [6, 6.07) is 4.83. The summed E-state index contributed by atoms with van der Waals surface area (Å²) < 4.78 is 1.30. The fraction of sp³-hybridized carbons (Fsp3) is 0.400. The number of pyridine rings is 1. The van der Waals surface area contributed by atoms with Crippen LogP contribution in [-0.2, 0) is 0 Å². The first-order chi connectivity index (χ1) is 10.0. The van der Waals surface area contributed by atoms with Gasteiger partial charge in [-0.2, -0.15) is 9.78 Å². The molecule has 2 aromatic rings. The third kappa shape index (κ3) is 3.39. The van der Waals surface area contributed by atoms with E-state index in [9.17, 15) is 9.90 Å². The lowest BCUT2D eigenvalue weighted by atomic mass is 10.1. The van der Waals surface area contributed by atoms with Crippen molar-refractivity contribution in [2.45, 2.75) is 20.3 Å². The maximum atomic E-state index is 12.3. The Morgan fingerprint density at radius 2 is 2.19 bits per heavy atom. The fourth-order valence-corrected chi connectivity index (χ4v) is 2.01. The van der Waals surface area contributed by atoms with Gasteiger partial charge in [0.15, 0.2) is 5.82 Å². The minimum absolute atomic E-state index is 0.00969. The summed E-state index contributed by atoms with van der Waals surface area (Å²) in [5.41, 5.74) is 0.524. The second-order valence-corrected chi connectivity index (χ2v) is 5.21. The summed E-state index contributed by atoms with van der Waals surface area (Å²) in [5, 5.41) is 13.5. The molecule has 2 heterocycles. The fourth-order valence-electron chi connectivity index (χ4n) is 2.01. The van der Waals surface area contributed by atoms with Gasteiger partial charge < -0.3 is 10.0 Å². The lowest BCUT2D eigenvalue weighted by molar-refractivity contribution is 0.0774. The van der Waals surface area contributed by atoms with E-state index in [1.165, 1.54) is 23.1 Å². The molecule has 0 saturated heterocycles. The second kappa shape index (κ2) is 6.39. The molecule has 1 atom stereocenters. The van der Waals surface area contributed by atoms with E-state index in [0.717, 1.165) is 13.0 Å². The maximum Gasteiger partial charge on any atom is 0.255 e. The number of hydrogen-bond acceptors (Lipinski definition) is 4. The van der Waals surface area contributed by atoms with Crippen molar-refractivity contribution in [2.24, 2.45) is 5.92 Å². The van der Waals surface area contributed by atoms with Gasteiger partial charge in [-0.1, -0.05) is 20.3 Å². The second-order valence-electron chi connectivity index (χ2n) is 5.21. The van der Waals surface area contributed by atoms with Crippen LogP contribution in [0.2, 0.25) is 0 Å². The lowest BCUT2D eigenvalue weighted by Gasteiger charge is -2.20. The van der Waals surface area contributed by atoms with E-state index < -0.39 is 0 Å². The van der Waals surface area contributed by atoms with Crippen LogP contribution in [-0.4, -0.2) is 44.3 Å². The largest absolute Gasteiger partial charge is 0.493 e. The number of carbonyl (C=O) groups excluding carboxylic acids is 1. The van der Waals surface area contributed by atoms with Crippen LogP contribution in [0, 0.1) is 5.92 Å². The molecule has 2 rings (SSSR count). The number of nitrogens with zero attached hydrogens (tertiary/aromatic N) is 4. The normalized spacial score (nSPS) is 12.1. The predicted molar refractivity (Wildman–Crippen MR) is 79.4 cm³/mol. The zero-order valence-corrected chi connectivity index (χ0v) is 12.5. The molecule has 0 fully saturated rings. The Bertz CT molecular complexity index is 606. The molecular weight excluding hydrogens is 268 g/mol. The van der Waals surface area contributed by atoms with E-state index in [1.54, 1.807) is 24.1 Å². The minimum Gasteiger partial charge on any atom is -0.493 e. The average Bonchev–Trinajstić information content (AvgIpc) is 2.92. The van der Waals surface area contributed by atoms with Gasteiger partial charge in [0.1, 0.15) is 0 Å². The number of rotatable bonds is 5. The molecule has 0 spiro atoms. The molecule has 0 radical (unpaired) electrons. The van der Waals surface area contributed by atoms with Crippen LogP contribution in [0.15, 0.2) is 30.6 Å². The molecule has 0 aromatic carbocycles. The van der Waals surface area contributed by atoms with Crippen LogP contribution < -0.4 is 0 Å². The number of carbonyl (C=O) groups is 1. The van der Waals surface area contributed by atoms with Crippen LogP contribution in [0.3, 0.4) is 0 Å². The standard InChI is InChI=1S/C15H20N4O2/c1-4-11(2)10-18(3)15(21)12-5-6-13(16-9-12)19-14(20)7-8-17-19/h5-9,11,20H,4,10H2,1-3H3. The molecule has 6 heteroatoms. The summed E-state index contributed by atoms with van der Waals surface area (Å²) >= 11 is 0. The summed E-state index contributed by atoms with van der Waals surface area (Å²) in [6.07, 6.45) is 4.02. The zero-order valence-electron chi connectivity index (χ0n) is 12.5. The van der Waals surface area contributed by atoms with Crippen LogP contribution in [0.5, 0.6) is 5.88 Å². The predicted octanol–water partition coefficient (Wildman–Crippen LogP) is 2.09. The van der Waals surface area contributed by atoms with Gasteiger partial charge in [0, 0.05) is 25.9 Å². The molecule has 1 N–H and O–H groups in total. The highest BCUT2D eigenvalue weighted by Gasteiger charge is 2.14. The number of aromatic nitrogens is 3. The summed E-state index contributed by atoms with van der Waals surface area (Å²) in [7, 11) is 1.79. The molecule has 1 amide bonds. The molecule has 2 aromatic heterocycles. The van der Waals surface area contributed by atoms with Gasteiger partial charge in [-0.3, -0.25) is 4.79 Å². The topological polar surface area (TPSA) is 71.2 Å². The molecule has 1 unspecified atom stereocenters. The first-order valence-electron chi connectivity index (χ1n) is 6.97. The Hall–Kier alpha value is -2.37. The Morgan fingerprint density at radius 3 is 2.71 bits per heavy atom. The maximum absolute atomic E-state index is 12.3. The molecule has 0 bridgehead atoms. The lowest BCUT2D eigenvalue weighted by Crippen LogP contribution is -2.31. The van der Waals surface area contributed by atoms with Gasteiger partial charge >= 0.3 is 0 Å². The SMILES string of the molecule is CCC(C)CN(C)C(=O)c1ccc(-n2nccc2O)nc1. The molecule has 0 saturated carbocycles. The summed E-state index contributed by atoms with van der Waals surface area (Å²) in [6.45, 7) is 4.94. The average molecular weight is 288 g/mol. The monoisotopic (exact) mass is 288 g/mol. The van der Waals surface area contributed by atoms with Crippen molar-refractivity contribution < 1.29 is 9.90 Å². The molecule has 0 aliphatic rings. The van der Waals surface area contributed by atoms with Gasteiger partial charge in [0.2, 0.25) is 5.88 Å². The van der Waals surface area contributed by atoms with Crippen molar-refractivity contribution in [3.63, 3.8) is 0 Å². The van der Waals surface area contributed by atoms with Crippen molar-refractivity contribution in [3.8, 4) is 11.7 Å². The summed E-state index contributed by atoms with van der Waals surface area (Å²) in [4.78, 5) is 18.2. The molecular formula is C15H20N4O2. The molecule has 21 heavy (non-hydrogen) atoms. The van der Waals surface area contributed by atoms with Crippen molar-refractivity contribution in [1.82, 2.24) is 19.7 Å². The summed E-state index contributed by atoms with van der Waals surface area (Å²) in [5.74, 6) is 0.889. The van der Waals surface area contributed by atoms with Crippen LogP contribution in [0.1, 0.15) is 30.6 Å². The van der Waals surface area contributed by atoms with Gasteiger partial charge in [-0.05, 0) is 18.1 Å². The first-order valence-corrected chi connectivity index (χ1v) is 6.97. The highest BCUT2D eigenvalue weighted by atomic mass is 16.3. The number of hydrogen-bond donors (Lipinski definition) is 1. The number of amides is 1. The van der Waals surface area contributed by atoms with E-state index in [0.29, 0.717) is 17.3 Å². The van der Waals surface area contributed by atoms with E-state index >= 15 is 0 Å². The van der Waals surface area contributed by atoms with Crippen molar-refractivity contribution >= 4 is 5.91 Å². The van der Waals surface area contributed by atoms with Crippen molar-refractivity contribution in [3.05, 3.63) is 36.2 Å². The number of aromatic hydroxyl groups is 1. The highest BCUT2D eigenvalue weighted by Crippen LogP contribution is 2.14. The van der Waals surface area contributed by atoms with E-state index in [2.05, 4.69) is 23.9 Å². The smallest absolute Gasteiger partial charge is 0.255 e. The molecule has 0 aliphatic heterocycles. The quantitative estimate of drug-likeness (QED) is 0.914. The van der Waals surface area contributed by atoms with Crippen molar-refractivity contribution in [1.29, 1.82) is 0 Å². The van der Waals surface area contributed by atoms with Gasteiger partial charge in [-0.15, -0.1) is 0 Å². The molecule has 6 nitrogen and oxygen atoms in total. The van der Waals surface area contributed by atoms with Crippen molar-refractivity contribution in [2.75, 3.05) is 13.6 Å². The van der Waals surface area contributed by atoms with E-state index in [1.807, 2.05) is 0 Å². The molecule has 112 valence electrons. The van der Waals surface area contributed by atoms with Gasteiger partial charge in [0.05, 0.1) is 11.8 Å². The highest BCUT2D eigenvalue weighted by molar-refractivity contribution is 5.93. The van der Waals surface area contributed by atoms with Crippen LogP contribution >= 0.6 is 0 Å². The third-order valence-corrected chi connectivity index (χ3v) is 3.46. The minimum atomic E-state index is -0.0564. The Morgan fingerprint density at radius 1 is 1.43 bits per heavy atom. The van der Waals surface area contributed by atoms with Gasteiger partial charge in [0.25, 0.3) is 5.91 Å². The molecule has 0 aliphatic carbocycles. The van der Waals surface area contributed by atoms with Crippen LogP contribution in [0.25, 0.3) is 5.82 Å². The van der Waals surface area contributed by atoms with Gasteiger partial charge in [-0.25, -0.2) is 4.98 Å². The zero-order chi connectivity index (χ0) is 15.4. The third-order valence-electron chi connectivity index (χ3n) is 3.46. The van der Waals surface area contributed by atoms with E-state index in [-0.39, 0.29) is 11.8 Å². The first kappa shape index (κ1) is 15.0. The Kier molecular flexibility index (Phi) is 4.57. The Labute approximate surface area is 124 Å². The van der Waals surface area contributed by atoms with Crippen LogP contribution in [0.4, 0.5) is 0 Å².